The molecule has 5 heterocycles. The Morgan fingerprint density at radius 3 is 2.49 bits per heavy atom. The van der Waals surface area contributed by atoms with Crippen molar-refractivity contribution in [3.63, 3.8) is 0 Å². The predicted molar refractivity (Wildman–Crippen MR) is 136 cm³/mol. The van der Waals surface area contributed by atoms with Gasteiger partial charge >= 0.3 is 5.97 Å². The summed E-state index contributed by atoms with van der Waals surface area (Å²) in [5, 5.41) is 15.9. The zero-order valence-electron chi connectivity index (χ0n) is 19.6. The van der Waals surface area contributed by atoms with Gasteiger partial charge in [0.05, 0.1) is 30.0 Å². The average Bonchev–Trinajstić information content (AvgIpc) is 3.22. The first-order chi connectivity index (χ1) is 17.1. The minimum atomic E-state index is -1.03. The van der Waals surface area contributed by atoms with Gasteiger partial charge in [0.1, 0.15) is 4.60 Å². The Morgan fingerprint density at radius 2 is 1.83 bits per heavy atom. The summed E-state index contributed by atoms with van der Waals surface area (Å²) in [4.78, 5) is 26.2. The molecule has 9 nitrogen and oxygen atoms in total. The summed E-state index contributed by atoms with van der Waals surface area (Å²) in [6, 6.07) is 7.95. The van der Waals surface area contributed by atoms with E-state index in [-0.39, 0.29) is 5.69 Å². The van der Waals surface area contributed by atoms with Gasteiger partial charge in [0.25, 0.3) is 0 Å². The van der Waals surface area contributed by atoms with Gasteiger partial charge in [0, 0.05) is 38.1 Å². The molecule has 0 bridgehead atoms. The fraction of sp³-hybridized carbons (Fsp3) is 0.520. The van der Waals surface area contributed by atoms with E-state index in [9.17, 15) is 9.90 Å². The van der Waals surface area contributed by atoms with Crippen LogP contribution < -0.4 is 4.90 Å². The molecule has 0 atom stereocenters. The molecule has 3 aliphatic rings. The number of halogens is 1. The zero-order chi connectivity index (χ0) is 23.9. The number of aromatic carboxylic acids is 1. The average molecular weight is 541 g/mol. The van der Waals surface area contributed by atoms with Crippen molar-refractivity contribution in [3.8, 4) is 5.82 Å². The molecule has 0 unspecified atom stereocenters. The number of aromatic nitrogens is 4. The highest BCUT2D eigenvalue weighted by atomic mass is 79.9. The van der Waals surface area contributed by atoms with Crippen molar-refractivity contribution in [2.24, 2.45) is 0 Å². The minimum Gasteiger partial charge on any atom is -0.477 e. The number of fused-ring (bicyclic) bond motifs is 1. The highest BCUT2D eigenvalue weighted by Crippen LogP contribution is 2.43. The summed E-state index contributed by atoms with van der Waals surface area (Å²) < 4.78 is 7.95. The van der Waals surface area contributed by atoms with E-state index in [0.717, 1.165) is 81.8 Å². The van der Waals surface area contributed by atoms with E-state index >= 15 is 0 Å². The maximum absolute atomic E-state index is 12.1. The molecule has 0 aromatic carbocycles. The molecule has 35 heavy (non-hydrogen) atoms. The summed E-state index contributed by atoms with van der Waals surface area (Å²) >= 11 is 3.45. The lowest BCUT2D eigenvalue weighted by Crippen LogP contribution is -2.49. The van der Waals surface area contributed by atoms with Gasteiger partial charge in [-0.05, 0) is 59.8 Å². The molecule has 10 heteroatoms. The van der Waals surface area contributed by atoms with Crippen LogP contribution in [0.2, 0.25) is 0 Å². The van der Waals surface area contributed by atoms with Crippen molar-refractivity contribution in [1.82, 2.24) is 24.6 Å². The van der Waals surface area contributed by atoms with Gasteiger partial charge in [0.2, 0.25) is 0 Å². The molecule has 0 radical (unpaired) electrons. The number of carbonyl (C=O) groups is 1. The Bertz CT molecular complexity index is 1250. The third-order valence-corrected chi connectivity index (χ3v) is 8.08. The van der Waals surface area contributed by atoms with Crippen molar-refractivity contribution < 1.29 is 14.6 Å². The van der Waals surface area contributed by atoms with E-state index in [1.807, 2.05) is 18.2 Å². The molecule has 184 valence electrons. The van der Waals surface area contributed by atoms with Crippen LogP contribution in [0.25, 0.3) is 16.9 Å². The van der Waals surface area contributed by atoms with E-state index in [0.29, 0.717) is 28.0 Å². The highest BCUT2D eigenvalue weighted by Gasteiger charge is 2.32. The number of carboxylic acid groups (broad SMARTS) is 1. The van der Waals surface area contributed by atoms with Crippen LogP contribution in [0.3, 0.4) is 0 Å². The van der Waals surface area contributed by atoms with Crippen molar-refractivity contribution in [3.05, 3.63) is 40.3 Å². The van der Waals surface area contributed by atoms with E-state index in [2.05, 4.69) is 35.7 Å². The van der Waals surface area contributed by atoms with Gasteiger partial charge in [-0.2, -0.15) is 9.78 Å². The van der Waals surface area contributed by atoms with E-state index in [1.165, 1.54) is 6.42 Å². The molecule has 0 amide bonds. The van der Waals surface area contributed by atoms with Crippen molar-refractivity contribution >= 4 is 38.6 Å². The number of rotatable bonds is 5. The maximum atomic E-state index is 12.1. The standard InChI is InChI=1S/C25H29BrN6O3/c26-20-5-2-6-21(28-20)32-24-22(23(29-32)16-3-1-4-16)19(15-18(27-24)25(33)34)31-9-7-17(8-10-31)30-11-13-35-14-12-30/h2,5-6,15-17H,1,3-4,7-14H2,(H,33,34). The molecule has 3 aromatic rings. The molecule has 1 saturated carbocycles. The maximum Gasteiger partial charge on any atom is 0.354 e. The summed E-state index contributed by atoms with van der Waals surface area (Å²) in [5.74, 6) is -0.0357. The summed E-state index contributed by atoms with van der Waals surface area (Å²) in [6.45, 7) is 5.35. The highest BCUT2D eigenvalue weighted by molar-refractivity contribution is 9.10. The quantitative estimate of drug-likeness (QED) is 0.487. The number of piperidine rings is 1. The van der Waals surface area contributed by atoms with Gasteiger partial charge in [-0.15, -0.1) is 0 Å². The lowest BCUT2D eigenvalue weighted by molar-refractivity contribution is 0.0115. The van der Waals surface area contributed by atoms with Crippen molar-refractivity contribution in [2.75, 3.05) is 44.3 Å². The lowest BCUT2D eigenvalue weighted by Gasteiger charge is -2.41. The first kappa shape index (κ1) is 22.9. The van der Waals surface area contributed by atoms with Crippen LogP contribution in [0, 0.1) is 0 Å². The molecular formula is C25H29BrN6O3. The molecule has 1 N–H and O–H groups in total. The molecular weight excluding hydrogens is 512 g/mol. The number of morpholine rings is 1. The van der Waals surface area contributed by atoms with Gasteiger partial charge in [-0.25, -0.2) is 14.8 Å². The van der Waals surface area contributed by atoms with Gasteiger partial charge in [-0.1, -0.05) is 12.5 Å². The summed E-state index contributed by atoms with van der Waals surface area (Å²) in [7, 11) is 0. The lowest BCUT2D eigenvalue weighted by atomic mass is 9.82. The Morgan fingerprint density at radius 1 is 1.06 bits per heavy atom. The largest absolute Gasteiger partial charge is 0.477 e. The monoisotopic (exact) mass is 540 g/mol. The Labute approximate surface area is 212 Å². The predicted octanol–water partition coefficient (Wildman–Crippen LogP) is 3.84. The second kappa shape index (κ2) is 9.48. The summed E-state index contributed by atoms with van der Waals surface area (Å²) in [6.07, 6.45) is 5.47. The SMILES string of the molecule is O=C(O)c1cc(N2CCC(N3CCOCC3)CC2)c2c(C3CCC3)nn(-c3cccc(Br)n3)c2n1. The first-order valence-electron chi connectivity index (χ1n) is 12.4. The number of pyridine rings is 2. The van der Waals surface area contributed by atoms with Crippen LogP contribution in [-0.2, 0) is 4.74 Å². The van der Waals surface area contributed by atoms with Crippen molar-refractivity contribution in [1.29, 1.82) is 0 Å². The van der Waals surface area contributed by atoms with E-state index in [4.69, 9.17) is 9.84 Å². The number of hydrogen-bond donors (Lipinski definition) is 1. The normalized spacial score (nSPS) is 20.3. The third kappa shape index (κ3) is 4.32. The Balaban J connectivity index is 1.43. The van der Waals surface area contributed by atoms with Gasteiger partial charge in [-0.3, -0.25) is 4.90 Å². The fourth-order valence-electron chi connectivity index (χ4n) is 5.54. The molecule has 2 aliphatic heterocycles. The molecule has 0 spiro atoms. The second-order valence-corrected chi connectivity index (χ2v) is 10.5. The van der Waals surface area contributed by atoms with Crippen LogP contribution in [0.4, 0.5) is 5.69 Å². The molecule has 1 aliphatic carbocycles. The van der Waals surface area contributed by atoms with Crippen LogP contribution in [0.15, 0.2) is 28.9 Å². The van der Waals surface area contributed by atoms with Crippen LogP contribution in [0.1, 0.15) is 54.2 Å². The third-order valence-electron chi connectivity index (χ3n) is 7.64. The molecule has 3 aromatic heterocycles. The molecule has 3 fully saturated rings. The van der Waals surface area contributed by atoms with Crippen LogP contribution in [-0.4, -0.2) is 81.2 Å². The number of nitrogens with zero attached hydrogens (tertiary/aromatic N) is 6. The number of carboxylic acids is 1. The van der Waals surface area contributed by atoms with Crippen molar-refractivity contribution in [2.45, 2.75) is 44.1 Å². The number of anilines is 1. The van der Waals surface area contributed by atoms with Gasteiger partial charge in [0.15, 0.2) is 17.2 Å². The Kier molecular flexibility index (Phi) is 6.19. The van der Waals surface area contributed by atoms with E-state index < -0.39 is 5.97 Å². The van der Waals surface area contributed by atoms with E-state index in [1.54, 1.807) is 10.7 Å². The first-order valence-corrected chi connectivity index (χ1v) is 13.2. The minimum absolute atomic E-state index is 0.0408. The fourth-order valence-corrected chi connectivity index (χ4v) is 5.87. The zero-order valence-corrected chi connectivity index (χ0v) is 21.2. The van der Waals surface area contributed by atoms with Crippen LogP contribution in [0.5, 0.6) is 0 Å². The Hall–Kier alpha value is -2.56. The number of hydrogen-bond acceptors (Lipinski definition) is 7. The summed E-state index contributed by atoms with van der Waals surface area (Å²) in [5.41, 5.74) is 2.57. The van der Waals surface area contributed by atoms with Crippen LogP contribution >= 0.6 is 15.9 Å². The second-order valence-electron chi connectivity index (χ2n) is 9.64. The molecule has 2 saturated heterocycles. The van der Waals surface area contributed by atoms with Gasteiger partial charge < -0.3 is 14.7 Å². The topological polar surface area (TPSA) is 96.6 Å². The molecule has 6 rings (SSSR count). The number of ether oxygens (including phenoxy) is 1. The smallest absolute Gasteiger partial charge is 0.354 e.